The molecule has 0 radical (unpaired) electrons. The number of amides is 2. The van der Waals surface area contributed by atoms with Crippen molar-refractivity contribution in [2.75, 3.05) is 25.0 Å². The van der Waals surface area contributed by atoms with Crippen LogP contribution in [-0.4, -0.2) is 45.8 Å². The lowest BCUT2D eigenvalue weighted by atomic mass is 10.0. The van der Waals surface area contributed by atoms with Crippen LogP contribution in [0.1, 0.15) is 26.7 Å². The molecule has 7 heteroatoms. The predicted octanol–water partition coefficient (Wildman–Crippen LogP) is 1.47. The van der Waals surface area contributed by atoms with Gasteiger partial charge < -0.3 is 9.64 Å². The summed E-state index contributed by atoms with van der Waals surface area (Å²) in [6.07, 6.45) is 2.23. The van der Waals surface area contributed by atoms with Gasteiger partial charge in [-0.15, -0.1) is 5.10 Å². The fourth-order valence-corrected chi connectivity index (χ4v) is 2.05. The van der Waals surface area contributed by atoms with E-state index in [0.717, 1.165) is 19.5 Å². The molecule has 1 aromatic rings. The van der Waals surface area contributed by atoms with Crippen molar-refractivity contribution >= 4 is 12.0 Å². The fourth-order valence-electron chi connectivity index (χ4n) is 2.05. The molecule has 1 saturated heterocycles. The van der Waals surface area contributed by atoms with Crippen LogP contribution in [0.25, 0.3) is 0 Å². The van der Waals surface area contributed by atoms with E-state index in [1.165, 1.54) is 6.42 Å². The normalized spacial score (nSPS) is 19.7. The van der Waals surface area contributed by atoms with E-state index in [-0.39, 0.29) is 12.0 Å². The number of urea groups is 1. The molecule has 2 heterocycles. The largest absolute Gasteiger partial charge is 0.463 e. The zero-order chi connectivity index (χ0) is 13.0. The van der Waals surface area contributed by atoms with Crippen molar-refractivity contribution in [3.05, 3.63) is 0 Å². The molecular formula is C11H19N5O2. The molecule has 0 saturated carbocycles. The van der Waals surface area contributed by atoms with Crippen molar-refractivity contribution < 1.29 is 9.53 Å². The third kappa shape index (κ3) is 3.12. The van der Waals surface area contributed by atoms with Crippen molar-refractivity contribution in [3.63, 3.8) is 0 Å². The van der Waals surface area contributed by atoms with Crippen LogP contribution in [0.5, 0.6) is 6.01 Å². The Morgan fingerprint density at radius 2 is 2.50 bits per heavy atom. The van der Waals surface area contributed by atoms with E-state index >= 15 is 0 Å². The van der Waals surface area contributed by atoms with Crippen LogP contribution in [0, 0.1) is 5.92 Å². The minimum atomic E-state index is -0.138. The molecule has 1 atom stereocenters. The van der Waals surface area contributed by atoms with Gasteiger partial charge in [-0.1, -0.05) is 6.92 Å². The minimum Gasteiger partial charge on any atom is -0.463 e. The smallest absolute Gasteiger partial charge is 0.337 e. The quantitative estimate of drug-likeness (QED) is 0.854. The van der Waals surface area contributed by atoms with E-state index in [4.69, 9.17) is 4.74 Å². The molecule has 18 heavy (non-hydrogen) atoms. The van der Waals surface area contributed by atoms with Gasteiger partial charge >= 0.3 is 12.0 Å². The van der Waals surface area contributed by atoms with Crippen molar-refractivity contribution in [1.29, 1.82) is 0 Å². The summed E-state index contributed by atoms with van der Waals surface area (Å²) in [4.78, 5) is 17.8. The average Bonchev–Trinajstić information content (AvgIpc) is 2.77. The molecule has 1 aromatic heterocycles. The molecule has 0 bridgehead atoms. The van der Waals surface area contributed by atoms with Gasteiger partial charge in [-0.3, -0.25) is 5.32 Å². The molecule has 1 unspecified atom stereocenters. The summed E-state index contributed by atoms with van der Waals surface area (Å²) in [5, 5.41) is 9.14. The Hall–Kier alpha value is -1.79. The number of piperidine rings is 1. The van der Waals surface area contributed by atoms with E-state index in [0.29, 0.717) is 18.5 Å². The third-order valence-corrected chi connectivity index (χ3v) is 2.91. The zero-order valence-corrected chi connectivity index (χ0v) is 10.8. The summed E-state index contributed by atoms with van der Waals surface area (Å²) in [5.41, 5.74) is 0. The molecule has 2 rings (SSSR count). The van der Waals surface area contributed by atoms with Gasteiger partial charge in [0.1, 0.15) is 0 Å². The molecule has 1 fully saturated rings. The van der Waals surface area contributed by atoms with Gasteiger partial charge in [-0.05, 0) is 25.7 Å². The van der Waals surface area contributed by atoms with E-state index in [9.17, 15) is 4.79 Å². The van der Waals surface area contributed by atoms with E-state index in [1.54, 1.807) is 4.90 Å². The number of aromatic nitrogens is 3. The molecule has 0 aromatic carbocycles. The number of nitrogens with zero attached hydrogens (tertiary/aromatic N) is 3. The number of aromatic amines is 1. The van der Waals surface area contributed by atoms with Gasteiger partial charge in [0.25, 0.3) is 0 Å². The van der Waals surface area contributed by atoms with Crippen LogP contribution in [-0.2, 0) is 0 Å². The Labute approximate surface area is 106 Å². The Morgan fingerprint density at radius 1 is 1.67 bits per heavy atom. The molecule has 1 aliphatic rings. The number of anilines is 1. The number of likely N-dealkylation sites (tertiary alicyclic amines) is 1. The predicted molar refractivity (Wildman–Crippen MR) is 66.5 cm³/mol. The molecule has 2 N–H and O–H groups in total. The molecule has 1 aliphatic heterocycles. The van der Waals surface area contributed by atoms with Crippen molar-refractivity contribution in [2.45, 2.75) is 26.7 Å². The molecule has 2 amide bonds. The van der Waals surface area contributed by atoms with Crippen LogP contribution < -0.4 is 10.1 Å². The second-order valence-electron chi connectivity index (χ2n) is 4.52. The van der Waals surface area contributed by atoms with Crippen molar-refractivity contribution in [2.24, 2.45) is 5.92 Å². The number of carbonyl (C=O) groups is 1. The highest BCUT2D eigenvalue weighted by Crippen LogP contribution is 2.16. The van der Waals surface area contributed by atoms with E-state index in [1.807, 2.05) is 6.92 Å². The molecule has 0 spiro atoms. The maximum atomic E-state index is 12.0. The molecular weight excluding hydrogens is 234 g/mol. The third-order valence-electron chi connectivity index (χ3n) is 2.91. The lowest BCUT2D eigenvalue weighted by molar-refractivity contribution is 0.182. The highest BCUT2D eigenvalue weighted by molar-refractivity contribution is 5.87. The first-order valence-corrected chi connectivity index (χ1v) is 6.30. The molecule has 100 valence electrons. The SMILES string of the molecule is CCOc1n[nH]c(NC(=O)N2CCCC(C)C2)n1. The summed E-state index contributed by atoms with van der Waals surface area (Å²) >= 11 is 0. The summed E-state index contributed by atoms with van der Waals surface area (Å²) < 4.78 is 5.11. The van der Waals surface area contributed by atoms with Crippen LogP contribution in [0.4, 0.5) is 10.7 Å². The van der Waals surface area contributed by atoms with E-state index in [2.05, 4.69) is 27.4 Å². The Bertz CT molecular complexity index is 406. The summed E-state index contributed by atoms with van der Waals surface area (Å²) in [7, 11) is 0. The van der Waals surface area contributed by atoms with Crippen molar-refractivity contribution in [3.8, 4) is 6.01 Å². The number of ether oxygens (including phenoxy) is 1. The number of nitrogens with one attached hydrogen (secondary N) is 2. The van der Waals surface area contributed by atoms with Gasteiger partial charge in [0, 0.05) is 13.1 Å². The standard InChI is InChI=1S/C11H19N5O2/c1-3-18-10-12-9(14-15-10)13-11(17)16-6-4-5-8(2)7-16/h8H,3-7H2,1-2H3,(H2,12,13,14,15,17). The van der Waals surface area contributed by atoms with Gasteiger partial charge in [0.2, 0.25) is 5.95 Å². The van der Waals surface area contributed by atoms with Crippen LogP contribution >= 0.6 is 0 Å². The Balaban J connectivity index is 1.89. The number of hydrogen-bond donors (Lipinski definition) is 2. The first kappa shape index (κ1) is 12.7. The highest BCUT2D eigenvalue weighted by Gasteiger charge is 2.21. The average molecular weight is 253 g/mol. The number of H-pyrrole nitrogens is 1. The van der Waals surface area contributed by atoms with Crippen LogP contribution in [0.15, 0.2) is 0 Å². The van der Waals surface area contributed by atoms with Crippen LogP contribution in [0.2, 0.25) is 0 Å². The van der Waals surface area contributed by atoms with Gasteiger partial charge in [0.05, 0.1) is 6.61 Å². The first-order valence-electron chi connectivity index (χ1n) is 6.30. The first-order chi connectivity index (χ1) is 8.69. The summed E-state index contributed by atoms with van der Waals surface area (Å²) in [6, 6.07) is 0.112. The maximum absolute atomic E-state index is 12.0. The van der Waals surface area contributed by atoms with E-state index < -0.39 is 0 Å². The number of hydrogen-bond acceptors (Lipinski definition) is 4. The van der Waals surface area contributed by atoms with Gasteiger partial charge in [-0.25, -0.2) is 9.89 Å². The zero-order valence-electron chi connectivity index (χ0n) is 10.8. The monoisotopic (exact) mass is 253 g/mol. The lowest BCUT2D eigenvalue weighted by Gasteiger charge is -2.30. The van der Waals surface area contributed by atoms with Crippen molar-refractivity contribution in [1.82, 2.24) is 20.1 Å². The Kier molecular flexibility index (Phi) is 4.01. The second kappa shape index (κ2) is 5.70. The van der Waals surface area contributed by atoms with Gasteiger partial charge in [-0.2, -0.15) is 4.98 Å². The highest BCUT2D eigenvalue weighted by atomic mass is 16.5. The van der Waals surface area contributed by atoms with Crippen LogP contribution in [0.3, 0.4) is 0 Å². The second-order valence-corrected chi connectivity index (χ2v) is 4.52. The summed E-state index contributed by atoms with van der Waals surface area (Å²) in [6.45, 7) is 6.08. The minimum absolute atomic E-state index is 0.138. The number of carbonyl (C=O) groups excluding carboxylic acids is 1. The molecule has 0 aliphatic carbocycles. The number of rotatable bonds is 3. The molecule has 7 nitrogen and oxygen atoms in total. The van der Waals surface area contributed by atoms with Gasteiger partial charge in [0.15, 0.2) is 0 Å². The topological polar surface area (TPSA) is 83.1 Å². The Morgan fingerprint density at radius 3 is 3.22 bits per heavy atom. The maximum Gasteiger partial charge on any atom is 0.337 e. The summed E-state index contributed by atoms with van der Waals surface area (Å²) in [5.74, 6) is 0.875. The fraction of sp³-hybridized carbons (Fsp3) is 0.727. The lowest BCUT2D eigenvalue weighted by Crippen LogP contribution is -2.41.